The lowest BCUT2D eigenvalue weighted by atomic mass is 10.0. The first kappa shape index (κ1) is 16.5. The van der Waals surface area contributed by atoms with E-state index in [1.165, 1.54) is 5.56 Å². The van der Waals surface area contributed by atoms with Crippen LogP contribution in [0.4, 0.5) is 5.69 Å². The molecular formula is C18H22ClNO2. The van der Waals surface area contributed by atoms with E-state index < -0.39 is 0 Å². The Morgan fingerprint density at radius 1 is 0.955 bits per heavy atom. The molecule has 0 atom stereocenters. The monoisotopic (exact) mass is 319 g/mol. The molecule has 0 spiro atoms. The van der Waals surface area contributed by atoms with E-state index in [0.717, 1.165) is 17.9 Å². The van der Waals surface area contributed by atoms with Gasteiger partial charge in [0.25, 0.3) is 0 Å². The van der Waals surface area contributed by atoms with E-state index in [2.05, 4.69) is 26.0 Å². The van der Waals surface area contributed by atoms with Gasteiger partial charge in [-0.05, 0) is 35.7 Å². The largest absolute Gasteiger partial charge is 0.493 e. The topological polar surface area (TPSA) is 44.5 Å². The molecule has 0 aliphatic carbocycles. The van der Waals surface area contributed by atoms with Gasteiger partial charge in [0.1, 0.15) is 11.5 Å². The van der Waals surface area contributed by atoms with E-state index in [1.54, 1.807) is 12.1 Å². The maximum Gasteiger partial charge on any atom is 0.121 e. The summed E-state index contributed by atoms with van der Waals surface area (Å²) in [4.78, 5) is 0. The standard InChI is InChI=1S/C18H22ClNO2/c1-13(2)14-4-6-15(7-5-14)21-10-3-11-22-16-8-9-17(19)18(20)12-16/h4-9,12-13H,3,10-11,20H2,1-2H3. The maximum absolute atomic E-state index is 5.86. The number of benzene rings is 2. The molecule has 2 aromatic carbocycles. The van der Waals surface area contributed by atoms with Gasteiger partial charge >= 0.3 is 0 Å². The Morgan fingerprint density at radius 2 is 1.55 bits per heavy atom. The number of anilines is 1. The molecule has 0 aromatic heterocycles. The van der Waals surface area contributed by atoms with Crippen LogP contribution in [-0.4, -0.2) is 13.2 Å². The Balaban J connectivity index is 1.69. The van der Waals surface area contributed by atoms with Gasteiger partial charge in [-0.15, -0.1) is 0 Å². The molecule has 118 valence electrons. The molecule has 0 radical (unpaired) electrons. The zero-order chi connectivity index (χ0) is 15.9. The van der Waals surface area contributed by atoms with Crippen molar-refractivity contribution in [2.24, 2.45) is 0 Å². The summed E-state index contributed by atoms with van der Waals surface area (Å²) >= 11 is 5.86. The minimum atomic E-state index is 0.528. The third-order valence-electron chi connectivity index (χ3n) is 3.34. The fraction of sp³-hybridized carbons (Fsp3) is 0.333. The predicted molar refractivity (Wildman–Crippen MR) is 92.0 cm³/mol. The Kier molecular flexibility index (Phi) is 5.96. The first-order valence-electron chi connectivity index (χ1n) is 7.47. The van der Waals surface area contributed by atoms with Gasteiger partial charge in [-0.2, -0.15) is 0 Å². The fourth-order valence-electron chi connectivity index (χ4n) is 2.00. The second-order valence-corrected chi connectivity index (χ2v) is 5.86. The second kappa shape index (κ2) is 7.95. The molecule has 0 aliphatic heterocycles. The molecule has 4 heteroatoms. The third-order valence-corrected chi connectivity index (χ3v) is 3.68. The average molecular weight is 320 g/mol. The minimum Gasteiger partial charge on any atom is -0.493 e. The second-order valence-electron chi connectivity index (χ2n) is 5.46. The molecular weight excluding hydrogens is 298 g/mol. The van der Waals surface area contributed by atoms with Crippen LogP contribution in [0, 0.1) is 0 Å². The minimum absolute atomic E-state index is 0.528. The smallest absolute Gasteiger partial charge is 0.121 e. The van der Waals surface area contributed by atoms with Crippen molar-refractivity contribution < 1.29 is 9.47 Å². The van der Waals surface area contributed by atoms with Crippen molar-refractivity contribution in [3.63, 3.8) is 0 Å². The zero-order valence-corrected chi connectivity index (χ0v) is 13.8. The Bertz CT molecular complexity index is 597. The van der Waals surface area contributed by atoms with E-state index in [-0.39, 0.29) is 0 Å². The summed E-state index contributed by atoms with van der Waals surface area (Å²) in [7, 11) is 0. The Labute approximate surface area is 137 Å². The molecule has 0 saturated carbocycles. The molecule has 0 bridgehead atoms. The van der Waals surface area contributed by atoms with E-state index in [9.17, 15) is 0 Å². The van der Waals surface area contributed by atoms with Crippen LogP contribution in [0.1, 0.15) is 31.7 Å². The molecule has 0 heterocycles. The molecule has 0 unspecified atom stereocenters. The van der Waals surface area contributed by atoms with Crippen molar-refractivity contribution >= 4 is 17.3 Å². The van der Waals surface area contributed by atoms with Crippen molar-refractivity contribution in [2.75, 3.05) is 18.9 Å². The SMILES string of the molecule is CC(C)c1ccc(OCCCOc2ccc(Cl)c(N)c2)cc1. The molecule has 0 saturated heterocycles. The van der Waals surface area contributed by atoms with Gasteiger partial charge < -0.3 is 15.2 Å². The van der Waals surface area contributed by atoms with Crippen LogP contribution in [0.2, 0.25) is 5.02 Å². The average Bonchev–Trinajstić information content (AvgIpc) is 2.51. The van der Waals surface area contributed by atoms with E-state index in [4.69, 9.17) is 26.8 Å². The number of hydrogen-bond donors (Lipinski definition) is 1. The number of nitrogens with two attached hydrogens (primary N) is 1. The van der Waals surface area contributed by atoms with Gasteiger partial charge in [-0.25, -0.2) is 0 Å². The highest BCUT2D eigenvalue weighted by atomic mass is 35.5. The number of nitrogen functional groups attached to an aromatic ring is 1. The molecule has 3 nitrogen and oxygen atoms in total. The summed E-state index contributed by atoms with van der Waals surface area (Å²) in [6.07, 6.45) is 0.800. The quantitative estimate of drug-likeness (QED) is 0.583. The maximum atomic E-state index is 5.86. The highest BCUT2D eigenvalue weighted by Crippen LogP contribution is 2.24. The van der Waals surface area contributed by atoms with Crippen LogP contribution >= 0.6 is 11.6 Å². The van der Waals surface area contributed by atoms with Gasteiger partial charge in [-0.3, -0.25) is 0 Å². The first-order chi connectivity index (χ1) is 10.6. The number of rotatable bonds is 7. The predicted octanol–water partition coefficient (Wildman–Crippen LogP) is 4.89. The van der Waals surface area contributed by atoms with Crippen LogP contribution in [0.5, 0.6) is 11.5 Å². The lowest BCUT2D eigenvalue weighted by molar-refractivity contribution is 0.247. The lowest BCUT2D eigenvalue weighted by Gasteiger charge is -2.10. The summed E-state index contributed by atoms with van der Waals surface area (Å²) in [5.41, 5.74) is 7.57. The lowest BCUT2D eigenvalue weighted by Crippen LogP contribution is -2.05. The van der Waals surface area contributed by atoms with Crippen LogP contribution in [0.25, 0.3) is 0 Å². The number of ether oxygens (including phenoxy) is 2. The summed E-state index contributed by atoms with van der Waals surface area (Å²) in [6.45, 7) is 5.54. The summed E-state index contributed by atoms with van der Waals surface area (Å²) in [5.74, 6) is 2.15. The molecule has 2 N–H and O–H groups in total. The van der Waals surface area contributed by atoms with Gasteiger partial charge in [0, 0.05) is 12.5 Å². The first-order valence-corrected chi connectivity index (χ1v) is 7.84. The molecule has 22 heavy (non-hydrogen) atoms. The summed E-state index contributed by atoms with van der Waals surface area (Å²) in [6, 6.07) is 13.5. The molecule has 2 aromatic rings. The van der Waals surface area contributed by atoms with Crippen LogP contribution in [0.3, 0.4) is 0 Å². The van der Waals surface area contributed by atoms with Gasteiger partial charge in [0.05, 0.1) is 23.9 Å². The van der Waals surface area contributed by atoms with Crippen LogP contribution < -0.4 is 15.2 Å². The van der Waals surface area contributed by atoms with Crippen molar-refractivity contribution in [1.82, 2.24) is 0 Å². The molecule has 0 fully saturated rings. The van der Waals surface area contributed by atoms with Gasteiger partial charge in [-0.1, -0.05) is 37.6 Å². The van der Waals surface area contributed by atoms with E-state index >= 15 is 0 Å². The molecule has 0 aliphatic rings. The van der Waals surface area contributed by atoms with E-state index in [1.807, 2.05) is 18.2 Å². The normalized spacial score (nSPS) is 10.7. The highest BCUT2D eigenvalue weighted by molar-refractivity contribution is 6.33. The van der Waals surface area contributed by atoms with E-state index in [0.29, 0.717) is 29.8 Å². The Hall–Kier alpha value is -1.87. The van der Waals surface area contributed by atoms with Gasteiger partial charge in [0.15, 0.2) is 0 Å². The zero-order valence-electron chi connectivity index (χ0n) is 13.0. The fourth-order valence-corrected chi connectivity index (χ4v) is 2.12. The molecule has 2 rings (SSSR count). The van der Waals surface area contributed by atoms with Crippen molar-refractivity contribution in [3.05, 3.63) is 53.1 Å². The summed E-state index contributed by atoms with van der Waals surface area (Å²) < 4.78 is 11.3. The number of hydrogen-bond acceptors (Lipinski definition) is 3. The van der Waals surface area contributed by atoms with Gasteiger partial charge in [0.2, 0.25) is 0 Å². The summed E-state index contributed by atoms with van der Waals surface area (Å²) in [5, 5.41) is 0.542. The van der Waals surface area contributed by atoms with Crippen molar-refractivity contribution in [1.29, 1.82) is 0 Å². The van der Waals surface area contributed by atoms with Crippen molar-refractivity contribution in [2.45, 2.75) is 26.2 Å². The van der Waals surface area contributed by atoms with Crippen LogP contribution in [0.15, 0.2) is 42.5 Å². The van der Waals surface area contributed by atoms with Crippen LogP contribution in [-0.2, 0) is 0 Å². The third kappa shape index (κ3) is 4.85. The van der Waals surface area contributed by atoms with Crippen molar-refractivity contribution in [3.8, 4) is 11.5 Å². The Morgan fingerprint density at radius 3 is 2.14 bits per heavy atom. The highest BCUT2D eigenvalue weighted by Gasteiger charge is 2.01. The number of halogens is 1. The molecule has 0 amide bonds.